The van der Waals surface area contributed by atoms with E-state index in [-0.39, 0.29) is 28.9 Å². The zero-order chi connectivity index (χ0) is 45.2. The summed E-state index contributed by atoms with van der Waals surface area (Å²) < 4.78 is 43.6. The molecular formula is C47H49NO15. The van der Waals surface area contributed by atoms with Crippen molar-refractivity contribution in [2.75, 3.05) is 6.61 Å². The van der Waals surface area contributed by atoms with Gasteiger partial charge in [0.1, 0.15) is 17.8 Å². The molecule has 63 heavy (non-hydrogen) atoms. The highest BCUT2D eigenvalue weighted by atomic mass is 16.8. The summed E-state index contributed by atoms with van der Waals surface area (Å²) >= 11 is 0. The largest absolute Gasteiger partial charge is 0.456 e. The molecule has 5 aliphatic rings. The number of ketones is 1. The van der Waals surface area contributed by atoms with Gasteiger partial charge in [-0.2, -0.15) is 0 Å². The van der Waals surface area contributed by atoms with Crippen molar-refractivity contribution >= 4 is 35.6 Å². The minimum Gasteiger partial charge on any atom is -0.456 e. The second-order valence-electron chi connectivity index (χ2n) is 17.5. The van der Waals surface area contributed by atoms with E-state index in [1.807, 2.05) is 0 Å². The Kier molecular flexibility index (Phi) is 11.2. The Morgan fingerprint density at radius 3 is 1.97 bits per heavy atom. The van der Waals surface area contributed by atoms with Gasteiger partial charge < -0.3 is 48.7 Å². The standard InChI is InChI=1S/C47H49NO15/c1-24-30(60-41(55)33(51)32(27-16-10-7-11-17-27)48-39(53)28-18-12-8-13-19-28)22-47(62-40(54)29-20-14-9-15-21-29)37-35-45(6,36(52)34(58-25(2)49)31(24)44(47,4)5)43(56)63-46(35)23-57-38(46)42(61-37)59-26(3)50/h7-21,30,32-35,37-38,42-43,51,56H,22-23H2,1-6H3,(H,48,53)/t30-,32-,33+,34+,35-,37-,38+,42?,43+,45+,46-,47+/m0/s1. The Morgan fingerprint density at radius 1 is 0.810 bits per heavy atom. The van der Waals surface area contributed by atoms with Gasteiger partial charge in [-0.15, -0.1) is 0 Å². The van der Waals surface area contributed by atoms with Gasteiger partial charge in [0.2, 0.25) is 6.29 Å². The summed E-state index contributed by atoms with van der Waals surface area (Å²) in [6.45, 7) is 8.41. The summed E-state index contributed by atoms with van der Waals surface area (Å²) in [6.07, 6.45) is -11.7. The Hall–Kier alpha value is -5.78. The fraction of sp³-hybridized carbons (Fsp3) is 0.447. The maximum Gasteiger partial charge on any atom is 0.338 e. The number of rotatable bonds is 10. The number of hydrogen-bond donors (Lipinski definition) is 3. The summed E-state index contributed by atoms with van der Waals surface area (Å²) in [4.78, 5) is 83.6. The number of aliphatic hydroxyl groups is 2. The Balaban J connectivity index is 1.30. The third-order valence-electron chi connectivity index (χ3n) is 13.6. The van der Waals surface area contributed by atoms with E-state index in [4.69, 9.17) is 33.2 Å². The number of Topliss-reactive ketones (excluding diaryl/α,β-unsaturated/α-hetero) is 1. The number of aliphatic hydroxyl groups excluding tert-OH is 2. The van der Waals surface area contributed by atoms with E-state index in [1.165, 1.54) is 19.1 Å². The monoisotopic (exact) mass is 867 g/mol. The van der Waals surface area contributed by atoms with Crippen LogP contribution in [0, 0.1) is 16.7 Å². The average molecular weight is 868 g/mol. The molecule has 332 valence electrons. The van der Waals surface area contributed by atoms with E-state index >= 15 is 4.79 Å². The molecule has 2 bridgehead atoms. The third kappa shape index (κ3) is 6.95. The summed E-state index contributed by atoms with van der Waals surface area (Å²) in [7, 11) is 0. The summed E-state index contributed by atoms with van der Waals surface area (Å²) in [5.41, 5.74) is -6.10. The number of carbonyl (C=O) groups excluding carboxylic acids is 6. The average Bonchev–Trinajstić information content (AvgIpc) is 3.50. The number of benzene rings is 3. The van der Waals surface area contributed by atoms with Crippen molar-refractivity contribution in [1.82, 2.24) is 5.32 Å². The summed E-state index contributed by atoms with van der Waals surface area (Å²) in [6, 6.07) is 23.2. The van der Waals surface area contributed by atoms with E-state index < -0.39 is 119 Å². The lowest BCUT2D eigenvalue weighted by atomic mass is 9.48. The molecular weight excluding hydrogens is 819 g/mol. The molecule has 16 heteroatoms. The zero-order valence-electron chi connectivity index (χ0n) is 35.5. The Bertz CT molecular complexity index is 2350. The van der Waals surface area contributed by atoms with Crippen molar-refractivity contribution in [2.45, 2.75) is 108 Å². The van der Waals surface area contributed by atoms with Crippen LogP contribution in [0.2, 0.25) is 0 Å². The van der Waals surface area contributed by atoms with Gasteiger partial charge in [-0.3, -0.25) is 19.2 Å². The van der Waals surface area contributed by atoms with Gasteiger partial charge in [0.05, 0.1) is 23.6 Å². The molecule has 1 saturated carbocycles. The Labute approximate surface area is 362 Å². The predicted octanol–water partition coefficient (Wildman–Crippen LogP) is 3.68. The van der Waals surface area contributed by atoms with Crippen molar-refractivity contribution in [3.05, 3.63) is 119 Å². The maximum absolute atomic E-state index is 15.4. The van der Waals surface area contributed by atoms with Crippen LogP contribution in [-0.4, -0.2) is 107 Å². The Morgan fingerprint density at radius 2 is 1.40 bits per heavy atom. The number of hydrogen-bond acceptors (Lipinski definition) is 15. The van der Waals surface area contributed by atoms with Crippen molar-refractivity contribution in [2.24, 2.45) is 16.7 Å². The molecule has 0 radical (unpaired) electrons. The first kappa shape index (κ1) is 43.9. The van der Waals surface area contributed by atoms with Gasteiger partial charge in [-0.05, 0) is 54.8 Å². The molecule has 16 nitrogen and oxygen atoms in total. The zero-order valence-corrected chi connectivity index (χ0v) is 35.5. The molecule has 1 unspecified atom stereocenters. The van der Waals surface area contributed by atoms with Gasteiger partial charge in [-0.1, -0.05) is 80.6 Å². The van der Waals surface area contributed by atoms with Crippen LogP contribution in [0.15, 0.2) is 102 Å². The molecule has 3 aromatic carbocycles. The number of amides is 1. The van der Waals surface area contributed by atoms with Crippen LogP contribution in [0.5, 0.6) is 0 Å². The molecule has 12 atom stereocenters. The molecule has 3 aromatic rings. The van der Waals surface area contributed by atoms with E-state index in [0.29, 0.717) is 5.56 Å². The van der Waals surface area contributed by atoms with E-state index in [2.05, 4.69) is 5.32 Å². The predicted molar refractivity (Wildman–Crippen MR) is 217 cm³/mol. The van der Waals surface area contributed by atoms with Crippen LogP contribution in [-0.2, 0) is 52.3 Å². The molecule has 3 N–H and O–H groups in total. The van der Waals surface area contributed by atoms with Crippen LogP contribution in [0.4, 0.5) is 0 Å². The summed E-state index contributed by atoms with van der Waals surface area (Å²) in [5, 5.41) is 26.6. The molecule has 0 aromatic heterocycles. The van der Waals surface area contributed by atoms with Crippen LogP contribution < -0.4 is 5.32 Å². The highest BCUT2D eigenvalue weighted by Gasteiger charge is 2.83. The van der Waals surface area contributed by atoms with Gasteiger partial charge in [0.15, 0.2) is 36.0 Å². The van der Waals surface area contributed by atoms with Gasteiger partial charge >= 0.3 is 23.9 Å². The van der Waals surface area contributed by atoms with E-state index in [9.17, 15) is 34.2 Å². The van der Waals surface area contributed by atoms with Crippen LogP contribution in [0.3, 0.4) is 0 Å². The number of carbonyl (C=O) groups is 6. The molecule has 1 spiro atoms. The van der Waals surface area contributed by atoms with Crippen LogP contribution in [0.1, 0.15) is 80.3 Å². The molecule has 3 aliphatic heterocycles. The second kappa shape index (κ2) is 16.1. The minimum absolute atomic E-state index is 0.0616. The number of nitrogens with one attached hydrogen (secondary N) is 1. The number of esters is 4. The molecule has 1 amide bonds. The first-order valence-electron chi connectivity index (χ1n) is 20.7. The number of fused-ring (bicyclic) bond motifs is 3. The normalized spacial score (nSPS) is 33.4. The molecule has 3 saturated heterocycles. The van der Waals surface area contributed by atoms with Crippen molar-refractivity contribution in [1.29, 1.82) is 0 Å². The first-order chi connectivity index (χ1) is 29.9. The van der Waals surface area contributed by atoms with Gasteiger partial charge in [-0.25, -0.2) is 9.59 Å². The van der Waals surface area contributed by atoms with Gasteiger partial charge in [0, 0.05) is 37.2 Å². The topological polar surface area (TPSA) is 220 Å². The fourth-order valence-corrected chi connectivity index (χ4v) is 10.5. The third-order valence-corrected chi connectivity index (χ3v) is 13.6. The van der Waals surface area contributed by atoms with E-state index in [0.717, 1.165) is 13.8 Å². The lowest BCUT2D eigenvalue weighted by Gasteiger charge is -2.65. The van der Waals surface area contributed by atoms with Crippen molar-refractivity contribution in [3.8, 4) is 0 Å². The van der Waals surface area contributed by atoms with Crippen molar-refractivity contribution < 1.29 is 72.1 Å². The molecule has 2 aliphatic carbocycles. The SMILES string of the molecule is CC(=O)OC1O[C@H]2[C@@H]3[C@]4(CO[C@H]14)O[C@@H](O)[C@@]3(C)C(=O)[C@H](OC(C)=O)C1=C(C)[C@@H](OC(=O)[C@H](O)[C@@H](NC(=O)c3ccccc3)c3ccccc3)C[C@]2(OC(=O)c2ccccc2)C1(C)C. The van der Waals surface area contributed by atoms with E-state index in [1.54, 1.807) is 99.6 Å². The van der Waals surface area contributed by atoms with Gasteiger partial charge in [0.25, 0.3) is 5.91 Å². The molecule has 4 fully saturated rings. The lowest BCUT2D eigenvalue weighted by molar-refractivity contribution is -0.402. The molecule has 3 heterocycles. The lowest BCUT2D eigenvalue weighted by Crippen LogP contribution is -2.80. The minimum atomic E-state index is -2.05. The highest BCUT2D eigenvalue weighted by molar-refractivity contribution is 5.96. The second-order valence-corrected chi connectivity index (χ2v) is 17.5. The van der Waals surface area contributed by atoms with Crippen molar-refractivity contribution in [3.63, 3.8) is 0 Å². The van der Waals surface area contributed by atoms with Crippen LogP contribution in [0.25, 0.3) is 0 Å². The summed E-state index contributed by atoms with van der Waals surface area (Å²) in [5.74, 6) is -6.30. The fourth-order valence-electron chi connectivity index (χ4n) is 10.5. The highest BCUT2D eigenvalue weighted by Crippen LogP contribution is 2.68. The first-order valence-corrected chi connectivity index (χ1v) is 20.7. The number of ether oxygens (including phenoxy) is 7. The smallest absolute Gasteiger partial charge is 0.338 e. The molecule has 8 rings (SSSR count). The quantitative estimate of drug-likeness (QED) is 0.150. The maximum atomic E-state index is 15.4. The van der Waals surface area contributed by atoms with Crippen LogP contribution >= 0.6 is 0 Å².